The first-order chi connectivity index (χ1) is 14.0. The van der Waals surface area contributed by atoms with Gasteiger partial charge in [-0.25, -0.2) is 4.79 Å². The van der Waals surface area contributed by atoms with E-state index in [1.165, 1.54) is 5.56 Å². The maximum atomic E-state index is 12.7. The fourth-order valence-corrected chi connectivity index (χ4v) is 4.47. The number of hydrogen-bond donors (Lipinski definition) is 2. The van der Waals surface area contributed by atoms with Gasteiger partial charge in [-0.2, -0.15) is 0 Å². The number of piperazine rings is 1. The molecule has 0 spiro atoms. The SMILES string of the molecule is CCOC(=O)N1CCN(C(=O)CC2CC(=O)NC(SCc3ccccc3)N2)CC1. The lowest BCUT2D eigenvalue weighted by Gasteiger charge is -2.36. The van der Waals surface area contributed by atoms with Crippen LogP contribution >= 0.6 is 11.8 Å². The van der Waals surface area contributed by atoms with Gasteiger partial charge < -0.3 is 19.9 Å². The molecular formula is C20H28N4O4S. The van der Waals surface area contributed by atoms with E-state index in [0.29, 0.717) is 32.8 Å². The van der Waals surface area contributed by atoms with E-state index in [2.05, 4.69) is 22.8 Å². The van der Waals surface area contributed by atoms with Gasteiger partial charge in [-0.3, -0.25) is 14.9 Å². The summed E-state index contributed by atoms with van der Waals surface area (Å²) in [6.07, 6.45) is 0.232. The zero-order valence-electron chi connectivity index (χ0n) is 16.6. The number of carbonyl (C=O) groups excluding carboxylic acids is 3. The second-order valence-corrected chi connectivity index (χ2v) is 8.18. The van der Waals surface area contributed by atoms with Crippen molar-refractivity contribution in [2.75, 3.05) is 32.8 Å². The second-order valence-electron chi connectivity index (χ2n) is 7.08. The number of thioether (sulfide) groups is 1. The van der Waals surface area contributed by atoms with Crippen molar-refractivity contribution in [3.63, 3.8) is 0 Å². The minimum absolute atomic E-state index is 0.00696. The Hall–Kier alpha value is -2.26. The van der Waals surface area contributed by atoms with Crippen LogP contribution in [0.2, 0.25) is 0 Å². The topological polar surface area (TPSA) is 91.0 Å². The van der Waals surface area contributed by atoms with Crippen LogP contribution in [0.25, 0.3) is 0 Å². The maximum Gasteiger partial charge on any atom is 0.409 e. The van der Waals surface area contributed by atoms with Crippen LogP contribution in [0.4, 0.5) is 4.79 Å². The predicted molar refractivity (Wildman–Crippen MR) is 111 cm³/mol. The first-order valence-corrected chi connectivity index (χ1v) is 11.0. The zero-order chi connectivity index (χ0) is 20.6. The van der Waals surface area contributed by atoms with E-state index in [0.717, 1.165) is 5.75 Å². The maximum absolute atomic E-state index is 12.7. The molecular weight excluding hydrogens is 392 g/mol. The first-order valence-electron chi connectivity index (χ1n) is 9.95. The van der Waals surface area contributed by atoms with E-state index in [-0.39, 0.29) is 42.3 Å². The van der Waals surface area contributed by atoms with Gasteiger partial charge in [-0.1, -0.05) is 30.3 Å². The van der Waals surface area contributed by atoms with E-state index in [1.807, 2.05) is 18.2 Å². The highest BCUT2D eigenvalue weighted by Crippen LogP contribution is 2.19. The van der Waals surface area contributed by atoms with E-state index in [1.54, 1.807) is 28.5 Å². The third-order valence-electron chi connectivity index (χ3n) is 4.95. The molecule has 1 aromatic carbocycles. The van der Waals surface area contributed by atoms with E-state index < -0.39 is 0 Å². The smallest absolute Gasteiger partial charge is 0.409 e. The van der Waals surface area contributed by atoms with Crippen molar-refractivity contribution in [3.05, 3.63) is 35.9 Å². The Morgan fingerprint density at radius 3 is 2.52 bits per heavy atom. The van der Waals surface area contributed by atoms with Crippen LogP contribution in [-0.2, 0) is 20.1 Å². The number of benzene rings is 1. The summed E-state index contributed by atoms with van der Waals surface area (Å²) in [6, 6.07) is 9.87. The Morgan fingerprint density at radius 2 is 1.83 bits per heavy atom. The van der Waals surface area contributed by atoms with Crippen LogP contribution in [-0.4, -0.2) is 72.0 Å². The number of hydrogen-bond acceptors (Lipinski definition) is 6. The molecule has 158 valence electrons. The third kappa shape index (κ3) is 6.37. The Morgan fingerprint density at radius 1 is 1.14 bits per heavy atom. The Bertz CT molecular complexity index is 710. The number of carbonyl (C=O) groups is 3. The summed E-state index contributed by atoms with van der Waals surface area (Å²) < 4.78 is 5.00. The molecule has 3 rings (SSSR count). The lowest BCUT2D eigenvalue weighted by Crippen LogP contribution is -2.57. The average molecular weight is 421 g/mol. The molecule has 2 aliphatic heterocycles. The molecule has 9 heteroatoms. The Balaban J connectivity index is 1.44. The summed E-state index contributed by atoms with van der Waals surface area (Å²) in [5.74, 6) is 0.738. The van der Waals surface area contributed by atoms with Crippen LogP contribution in [0.1, 0.15) is 25.3 Å². The largest absolute Gasteiger partial charge is 0.450 e. The minimum Gasteiger partial charge on any atom is -0.450 e. The number of nitrogens with one attached hydrogen (secondary N) is 2. The molecule has 8 nitrogen and oxygen atoms in total. The quantitative estimate of drug-likeness (QED) is 0.722. The highest BCUT2D eigenvalue weighted by molar-refractivity contribution is 7.99. The Kier molecular flexibility index (Phi) is 7.76. The summed E-state index contributed by atoms with van der Waals surface area (Å²) in [7, 11) is 0. The molecule has 2 unspecified atom stereocenters. The van der Waals surface area contributed by atoms with E-state index in [4.69, 9.17) is 4.74 Å². The molecule has 0 aromatic heterocycles. The monoisotopic (exact) mass is 420 g/mol. The van der Waals surface area contributed by atoms with Gasteiger partial charge in [0.25, 0.3) is 0 Å². The highest BCUT2D eigenvalue weighted by Gasteiger charge is 2.30. The van der Waals surface area contributed by atoms with E-state index in [9.17, 15) is 14.4 Å². The molecule has 3 amide bonds. The van der Waals surface area contributed by atoms with Crippen LogP contribution in [0.15, 0.2) is 30.3 Å². The molecule has 2 saturated heterocycles. The zero-order valence-corrected chi connectivity index (χ0v) is 17.5. The first kappa shape index (κ1) is 21.4. The summed E-state index contributed by atoms with van der Waals surface area (Å²) in [5, 5.41) is 6.30. The average Bonchev–Trinajstić information content (AvgIpc) is 2.73. The molecule has 1 aromatic rings. The summed E-state index contributed by atoms with van der Waals surface area (Å²) in [4.78, 5) is 39.9. The van der Waals surface area contributed by atoms with Gasteiger partial charge in [0.2, 0.25) is 11.8 Å². The lowest BCUT2D eigenvalue weighted by molar-refractivity contribution is -0.134. The standard InChI is InChI=1S/C20H28N4O4S/c1-2-28-20(27)24-10-8-23(9-11-24)18(26)13-16-12-17(25)22-19(21-16)29-14-15-6-4-3-5-7-15/h3-7,16,19,21H,2,8-14H2,1H3,(H,22,25). The van der Waals surface area contributed by atoms with Crippen molar-refractivity contribution >= 4 is 29.7 Å². The van der Waals surface area contributed by atoms with Gasteiger partial charge in [-0.05, 0) is 12.5 Å². The molecule has 2 atom stereocenters. The van der Waals surface area contributed by atoms with Gasteiger partial charge in [0.05, 0.1) is 6.61 Å². The van der Waals surface area contributed by atoms with Gasteiger partial charge in [0, 0.05) is 50.8 Å². The molecule has 2 heterocycles. The van der Waals surface area contributed by atoms with Crippen LogP contribution in [0.5, 0.6) is 0 Å². The van der Waals surface area contributed by atoms with Gasteiger partial charge in [-0.15, -0.1) is 11.8 Å². The van der Waals surface area contributed by atoms with Crippen molar-refractivity contribution in [1.29, 1.82) is 0 Å². The molecule has 29 heavy (non-hydrogen) atoms. The normalized spacial score (nSPS) is 22.2. The highest BCUT2D eigenvalue weighted by atomic mass is 32.2. The van der Waals surface area contributed by atoms with Crippen molar-refractivity contribution in [1.82, 2.24) is 20.4 Å². The van der Waals surface area contributed by atoms with Crippen molar-refractivity contribution in [2.45, 2.75) is 37.1 Å². The van der Waals surface area contributed by atoms with Crippen LogP contribution < -0.4 is 10.6 Å². The predicted octanol–water partition coefficient (Wildman–Crippen LogP) is 1.37. The fraction of sp³-hybridized carbons (Fsp3) is 0.550. The summed E-state index contributed by atoms with van der Waals surface area (Å²) in [5.41, 5.74) is 0.973. The fourth-order valence-electron chi connectivity index (χ4n) is 3.41. The van der Waals surface area contributed by atoms with Crippen molar-refractivity contribution < 1.29 is 19.1 Å². The molecule has 0 aliphatic carbocycles. The van der Waals surface area contributed by atoms with Crippen LogP contribution in [0, 0.1) is 0 Å². The molecule has 2 aliphatic rings. The number of amides is 3. The molecule has 2 fully saturated rings. The molecule has 0 saturated carbocycles. The lowest BCUT2D eigenvalue weighted by atomic mass is 10.1. The number of ether oxygens (including phenoxy) is 1. The second kappa shape index (κ2) is 10.5. The van der Waals surface area contributed by atoms with Gasteiger partial charge >= 0.3 is 6.09 Å². The summed E-state index contributed by atoms with van der Waals surface area (Å²) >= 11 is 1.60. The minimum atomic E-state index is -0.330. The Labute approximate surface area is 175 Å². The van der Waals surface area contributed by atoms with Gasteiger partial charge in [0.1, 0.15) is 5.50 Å². The number of rotatable bonds is 6. The summed E-state index contributed by atoms with van der Waals surface area (Å²) in [6.45, 7) is 4.04. The molecule has 0 radical (unpaired) electrons. The van der Waals surface area contributed by atoms with Gasteiger partial charge in [0.15, 0.2) is 0 Å². The van der Waals surface area contributed by atoms with Crippen LogP contribution in [0.3, 0.4) is 0 Å². The van der Waals surface area contributed by atoms with E-state index >= 15 is 0 Å². The molecule has 2 N–H and O–H groups in total. The third-order valence-corrected chi connectivity index (χ3v) is 6.04. The van der Waals surface area contributed by atoms with Crippen molar-refractivity contribution in [3.8, 4) is 0 Å². The molecule has 0 bridgehead atoms. The van der Waals surface area contributed by atoms with Crippen molar-refractivity contribution in [2.24, 2.45) is 0 Å². The number of nitrogens with zero attached hydrogens (tertiary/aromatic N) is 2.